The lowest BCUT2D eigenvalue weighted by molar-refractivity contribution is 0.0559. The molecule has 1 N–H and O–H groups in total. The van der Waals surface area contributed by atoms with Gasteiger partial charge in [0.05, 0.1) is 12.7 Å². The van der Waals surface area contributed by atoms with Crippen LogP contribution >= 0.6 is 12.4 Å². The number of hydrogen-bond donors (Lipinski definition) is 1. The zero-order valence-electron chi connectivity index (χ0n) is 6.71. The Morgan fingerprint density at radius 2 is 2.45 bits per heavy atom. The van der Waals surface area contributed by atoms with Crippen LogP contribution < -0.4 is 5.32 Å². The second-order valence-electron chi connectivity index (χ2n) is 2.59. The molecule has 3 heteroatoms. The zero-order valence-corrected chi connectivity index (χ0v) is 7.53. The number of rotatable bonds is 3. The summed E-state index contributed by atoms with van der Waals surface area (Å²) in [5.74, 6) is 0. The van der Waals surface area contributed by atoms with Crippen LogP contribution in [-0.4, -0.2) is 25.8 Å². The summed E-state index contributed by atoms with van der Waals surface area (Å²) in [5.41, 5.74) is 0. The van der Waals surface area contributed by atoms with Crippen LogP contribution in [0.25, 0.3) is 0 Å². The van der Waals surface area contributed by atoms with E-state index in [9.17, 15) is 0 Å². The lowest BCUT2D eigenvalue weighted by atomic mass is 10.1. The van der Waals surface area contributed by atoms with E-state index in [2.05, 4.69) is 11.9 Å². The van der Waals surface area contributed by atoms with Gasteiger partial charge in [0.25, 0.3) is 0 Å². The van der Waals surface area contributed by atoms with Crippen LogP contribution in [0.1, 0.15) is 12.8 Å². The van der Waals surface area contributed by atoms with Gasteiger partial charge in [-0.1, -0.05) is 6.08 Å². The number of halogens is 1. The van der Waals surface area contributed by atoms with Crippen LogP contribution in [-0.2, 0) is 4.74 Å². The molecule has 1 fully saturated rings. The van der Waals surface area contributed by atoms with E-state index in [1.807, 2.05) is 0 Å². The minimum absolute atomic E-state index is 0. The van der Waals surface area contributed by atoms with Crippen LogP contribution in [0.15, 0.2) is 12.7 Å². The molecule has 0 saturated carbocycles. The van der Waals surface area contributed by atoms with Crippen molar-refractivity contribution in [1.82, 2.24) is 5.32 Å². The van der Waals surface area contributed by atoms with Crippen LogP contribution in [0.3, 0.4) is 0 Å². The predicted molar refractivity (Wildman–Crippen MR) is 49.3 cm³/mol. The van der Waals surface area contributed by atoms with Gasteiger partial charge < -0.3 is 10.1 Å². The maximum atomic E-state index is 5.45. The highest BCUT2D eigenvalue weighted by atomic mass is 35.5. The Balaban J connectivity index is 0.000001000. The molecule has 0 spiro atoms. The molecule has 66 valence electrons. The third kappa shape index (κ3) is 4.40. The van der Waals surface area contributed by atoms with Crippen molar-refractivity contribution in [3.63, 3.8) is 0 Å². The van der Waals surface area contributed by atoms with Gasteiger partial charge in [-0.05, 0) is 19.4 Å². The summed E-state index contributed by atoms with van der Waals surface area (Å²) in [7, 11) is 0. The summed E-state index contributed by atoms with van der Waals surface area (Å²) in [6.07, 6.45) is 4.66. The first kappa shape index (κ1) is 11.0. The van der Waals surface area contributed by atoms with Crippen LogP contribution in [0.5, 0.6) is 0 Å². The average Bonchev–Trinajstić information content (AvgIpc) is 2.03. The van der Waals surface area contributed by atoms with Crippen molar-refractivity contribution in [2.24, 2.45) is 0 Å². The summed E-state index contributed by atoms with van der Waals surface area (Å²) in [5, 5.41) is 3.28. The Labute approximate surface area is 74.4 Å². The first-order valence-corrected chi connectivity index (χ1v) is 3.86. The highest BCUT2D eigenvalue weighted by Gasteiger charge is 2.11. The van der Waals surface area contributed by atoms with Crippen LogP contribution in [0.4, 0.5) is 0 Å². The fourth-order valence-electron chi connectivity index (χ4n) is 1.17. The molecule has 0 bridgehead atoms. The van der Waals surface area contributed by atoms with E-state index in [0.29, 0.717) is 12.7 Å². The van der Waals surface area contributed by atoms with Gasteiger partial charge in [0.1, 0.15) is 0 Å². The van der Waals surface area contributed by atoms with E-state index < -0.39 is 0 Å². The Hall–Kier alpha value is -0.0500. The largest absolute Gasteiger partial charge is 0.373 e. The Morgan fingerprint density at radius 3 is 3.00 bits per heavy atom. The van der Waals surface area contributed by atoms with Gasteiger partial charge in [-0.25, -0.2) is 0 Å². The normalized spacial score (nSPS) is 23.8. The van der Waals surface area contributed by atoms with Gasteiger partial charge in [-0.3, -0.25) is 0 Å². The Morgan fingerprint density at radius 1 is 1.64 bits per heavy atom. The molecule has 1 aliphatic rings. The van der Waals surface area contributed by atoms with Crippen molar-refractivity contribution in [2.45, 2.75) is 18.9 Å². The molecule has 1 saturated heterocycles. The third-order valence-electron chi connectivity index (χ3n) is 1.70. The Kier molecular flexibility index (Phi) is 6.62. The summed E-state index contributed by atoms with van der Waals surface area (Å²) in [4.78, 5) is 0. The molecule has 11 heavy (non-hydrogen) atoms. The maximum absolute atomic E-state index is 5.45. The van der Waals surface area contributed by atoms with E-state index in [-0.39, 0.29) is 12.4 Å². The second kappa shape index (κ2) is 6.65. The van der Waals surface area contributed by atoms with Crippen molar-refractivity contribution in [3.8, 4) is 0 Å². The number of ether oxygens (including phenoxy) is 1. The molecule has 0 radical (unpaired) electrons. The van der Waals surface area contributed by atoms with Crippen molar-refractivity contribution >= 4 is 12.4 Å². The van der Waals surface area contributed by atoms with Crippen molar-refractivity contribution in [3.05, 3.63) is 12.7 Å². The number of nitrogens with one attached hydrogen (secondary N) is 1. The van der Waals surface area contributed by atoms with Gasteiger partial charge in [-0.15, -0.1) is 19.0 Å². The molecule has 0 aromatic heterocycles. The van der Waals surface area contributed by atoms with Crippen molar-refractivity contribution in [2.75, 3.05) is 19.7 Å². The number of piperidine rings is 1. The SMILES string of the molecule is C=CCO[C@@H]1CCCNC1.Cl. The topological polar surface area (TPSA) is 21.3 Å². The average molecular weight is 178 g/mol. The Bertz CT molecular complexity index is 102. The van der Waals surface area contributed by atoms with Gasteiger partial charge in [0, 0.05) is 6.54 Å². The van der Waals surface area contributed by atoms with Gasteiger partial charge in [0.2, 0.25) is 0 Å². The van der Waals surface area contributed by atoms with Crippen LogP contribution in [0.2, 0.25) is 0 Å². The molecule has 0 aliphatic carbocycles. The molecule has 0 aromatic carbocycles. The lowest BCUT2D eigenvalue weighted by Gasteiger charge is -2.22. The van der Waals surface area contributed by atoms with Crippen LogP contribution in [0, 0.1) is 0 Å². The van der Waals surface area contributed by atoms with E-state index >= 15 is 0 Å². The van der Waals surface area contributed by atoms with Gasteiger partial charge in [0.15, 0.2) is 0 Å². The molecular formula is C8H16ClNO. The monoisotopic (exact) mass is 177 g/mol. The molecule has 1 heterocycles. The zero-order chi connectivity index (χ0) is 7.23. The van der Waals surface area contributed by atoms with Gasteiger partial charge in [-0.2, -0.15) is 0 Å². The molecule has 1 atom stereocenters. The molecule has 1 rings (SSSR count). The van der Waals surface area contributed by atoms with Crippen molar-refractivity contribution < 1.29 is 4.74 Å². The summed E-state index contributed by atoms with van der Waals surface area (Å²) >= 11 is 0. The fourth-order valence-corrected chi connectivity index (χ4v) is 1.17. The van der Waals surface area contributed by atoms with E-state index in [1.54, 1.807) is 6.08 Å². The first-order valence-electron chi connectivity index (χ1n) is 3.86. The molecule has 2 nitrogen and oxygen atoms in total. The molecule has 0 amide bonds. The predicted octanol–water partition coefficient (Wildman–Crippen LogP) is 1.36. The van der Waals surface area contributed by atoms with E-state index in [0.717, 1.165) is 13.1 Å². The van der Waals surface area contributed by atoms with E-state index in [4.69, 9.17) is 4.74 Å². The minimum atomic E-state index is 0. The number of hydrogen-bond acceptors (Lipinski definition) is 2. The lowest BCUT2D eigenvalue weighted by Crippen LogP contribution is -2.35. The maximum Gasteiger partial charge on any atom is 0.0704 e. The minimum Gasteiger partial charge on any atom is -0.373 e. The molecule has 0 aromatic rings. The smallest absolute Gasteiger partial charge is 0.0704 e. The van der Waals surface area contributed by atoms with E-state index in [1.165, 1.54) is 12.8 Å². The molecule has 0 unspecified atom stereocenters. The van der Waals surface area contributed by atoms with Gasteiger partial charge >= 0.3 is 0 Å². The summed E-state index contributed by atoms with van der Waals surface area (Å²) in [6.45, 7) is 6.44. The first-order chi connectivity index (χ1) is 4.93. The standard InChI is InChI=1S/C8H15NO.ClH/c1-2-6-10-8-4-3-5-9-7-8;/h2,8-9H,1,3-7H2;1H/t8-;/m1./s1. The summed E-state index contributed by atoms with van der Waals surface area (Å²) < 4.78 is 5.45. The van der Waals surface area contributed by atoms with Crippen molar-refractivity contribution in [1.29, 1.82) is 0 Å². The fraction of sp³-hybridized carbons (Fsp3) is 0.750. The second-order valence-corrected chi connectivity index (χ2v) is 2.59. The quantitative estimate of drug-likeness (QED) is 0.658. The highest BCUT2D eigenvalue weighted by molar-refractivity contribution is 5.85. The molecular weight excluding hydrogens is 162 g/mol. The molecule has 1 aliphatic heterocycles. The summed E-state index contributed by atoms with van der Waals surface area (Å²) in [6, 6.07) is 0. The third-order valence-corrected chi connectivity index (χ3v) is 1.70. The highest BCUT2D eigenvalue weighted by Crippen LogP contribution is 2.04.